The summed E-state index contributed by atoms with van der Waals surface area (Å²) in [5.41, 5.74) is 1.57. The van der Waals surface area contributed by atoms with E-state index in [1.54, 1.807) is 6.07 Å². The van der Waals surface area contributed by atoms with Crippen LogP contribution in [0.2, 0.25) is 0 Å². The second kappa shape index (κ2) is 9.20. The average Bonchev–Trinajstić information content (AvgIpc) is 2.68. The van der Waals surface area contributed by atoms with Crippen LogP contribution < -0.4 is 15.3 Å². The van der Waals surface area contributed by atoms with Gasteiger partial charge < -0.3 is 20.1 Å². The molecule has 0 saturated heterocycles. The van der Waals surface area contributed by atoms with E-state index >= 15 is 0 Å². The zero-order chi connectivity index (χ0) is 19.8. The molecule has 0 unspecified atom stereocenters. The highest BCUT2D eigenvalue weighted by atomic mass is 16.4. The molecule has 0 aliphatic rings. The van der Waals surface area contributed by atoms with Crippen molar-refractivity contribution in [2.45, 2.75) is 13.8 Å². The molecule has 1 amide bonds. The Kier molecular flexibility index (Phi) is 6.73. The Morgan fingerprint density at radius 1 is 1.11 bits per heavy atom. The first-order valence-corrected chi connectivity index (χ1v) is 8.58. The molecule has 2 rings (SSSR count). The van der Waals surface area contributed by atoms with E-state index in [0.29, 0.717) is 5.56 Å². The summed E-state index contributed by atoms with van der Waals surface area (Å²) < 4.78 is 0. The highest BCUT2D eigenvalue weighted by Crippen LogP contribution is 2.18. The number of carboxylic acid groups (broad SMARTS) is 1. The van der Waals surface area contributed by atoms with Crippen molar-refractivity contribution in [3.05, 3.63) is 65.2 Å². The van der Waals surface area contributed by atoms with Crippen molar-refractivity contribution >= 4 is 29.3 Å². The Morgan fingerprint density at radius 3 is 2.30 bits per heavy atom. The van der Waals surface area contributed by atoms with Crippen LogP contribution in [0.4, 0.5) is 11.4 Å². The van der Waals surface area contributed by atoms with E-state index in [4.69, 9.17) is 0 Å². The van der Waals surface area contributed by atoms with Gasteiger partial charge in [-0.15, -0.1) is 0 Å². The zero-order valence-corrected chi connectivity index (χ0v) is 15.2. The molecule has 2 aromatic rings. The molecule has 0 aromatic heterocycles. The second-order valence-electron chi connectivity index (χ2n) is 5.72. The van der Waals surface area contributed by atoms with Gasteiger partial charge in [-0.1, -0.05) is 30.3 Å². The monoisotopic (exact) mass is 362 g/mol. The summed E-state index contributed by atoms with van der Waals surface area (Å²) in [5.74, 6) is -2.08. The number of carboxylic acids is 1. The lowest BCUT2D eigenvalue weighted by atomic mass is 10.1. The number of aromatic carboxylic acids is 1. The van der Waals surface area contributed by atoms with Gasteiger partial charge in [-0.2, -0.15) is 5.26 Å². The molecule has 138 valence electrons. The third-order valence-electron chi connectivity index (χ3n) is 4.09. The topological polar surface area (TPSA) is 96.3 Å². The minimum atomic E-state index is -1.40. The standard InChI is InChI=1S/C21H21N3O3/c1-3-24(4-2)17-11-9-15(10-12-17)13-16(14-22)20(25)23-19-8-6-5-7-18(19)21(26)27/h5-13H,3-4H2,1-2H3,(H,23,25)(H,26,27)/p-1/b16-13+. The molecule has 0 aliphatic heterocycles. The van der Waals surface area contributed by atoms with Gasteiger partial charge >= 0.3 is 0 Å². The van der Waals surface area contributed by atoms with Gasteiger partial charge in [-0.05, 0) is 43.7 Å². The van der Waals surface area contributed by atoms with Crippen molar-refractivity contribution < 1.29 is 14.7 Å². The van der Waals surface area contributed by atoms with E-state index in [9.17, 15) is 20.0 Å². The predicted octanol–water partition coefficient (Wildman–Crippen LogP) is 2.44. The third-order valence-corrected chi connectivity index (χ3v) is 4.09. The first-order valence-electron chi connectivity index (χ1n) is 8.58. The van der Waals surface area contributed by atoms with Gasteiger partial charge in [-0.3, -0.25) is 4.79 Å². The first kappa shape index (κ1) is 19.7. The number of anilines is 2. The van der Waals surface area contributed by atoms with Crippen molar-refractivity contribution in [3.8, 4) is 6.07 Å². The highest BCUT2D eigenvalue weighted by molar-refractivity contribution is 6.11. The molecule has 2 aromatic carbocycles. The number of carbonyl (C=O) groups excluding carboxylic acids is 2. The van der Waals surface area contributed by atoms with Crippen LogP contribution in [0.3, 0.4) is 0 Å². The summed E-state index contributed by atoms with van der Waals surface area (Å²) in [7, 11) is 0. The van der Waals surface area contributed by atoms with E-state index in [0.717, 1.165) is 18.8 Å². The van der Waals surface area contributed by atoms with Crippen LogP contribution in [0.1, 0.15) is 29.8 Å². The largest absolute Gasteiger partial charge is 0.545 e. The Balaban J connectivity index is 2.22. The number of benzene rings is 2. The summed E-state index contributed by atoms with van der Waals surface area (Å²) in [6, 6.07) is 15.2. The van der Waals surface area contributed by atoms with Crippen LogP contribution in [0.15, 0.2) is 54.1 Å². The second-order valence-corrected chi connectivity index (χ2v) is 5.72. The lowest BCUT2D eigenvalue weighted by Crippen LogP contribution is -2.25. The normalized spacial score (nSPS) is 10.8. The van der Waals surface area contributed by atoms with E-state index < -0.39 is 11.9 Å². The van der Waals surface area contributed by atoms with Crippen LogP contribution in [0, 0.1) is 11.3 Å². The van der Waals surface area contributed by atoms with Crippen molar-refractivity contribution in [1.82, 2.24) is 0 Å². The molecule has 1 N–H and O–H groups in total. The number of nitrogens with zero attached hydrogens (tertiary/aromatic N) is 2. The molecule has 0 saturated carbocycles. The van der Waals surface area contributed by atoms with Crippen LogP contribution in [-0.2, 0) is 4.79 Å². The number of para-hydroxylation sites is 1. The molecule has 0 heterocycles. The fourth-order valence-corrected chi connectivity index (χ4v) is 2.65. The van der Waals surface area contributed by atoms with E-state index in [1.807, 2.05) is 30.3 Å². The number of amides is 1. The minimum Gasteiger partial charge on any atom is -0.545 e. The molecular formula is C21H20N3O3-. The summed E-state index contributed by atoms with van der Waals surface area (Å²) in [6.07, 6.45) is 1.46. The maximum atomic E-state index is 12.4. The van der Waals surface area contributed by atoms with Crippen LogP contribution in [0.25, 0.3) is 6.08 Å². The van der Waals surface area contributed by atoms with E-state index in [-0.39, 0.29) is 16.8 Å². The Morgan fingerprint density at radius 2 is 1.74 bits per heavy atom. The quantitative estimate of drug-likeness (QED) is 0.603. The van der Waals surface area contributed by atoms with Gasteiger partial charge in [0.2, 0.25) is 0 Å². The third kappa shape index (κ3) is 4.95. The SMILES string of the molecule is CCN(CC)c1ccc(/C=C(\C#N)C(=O)Nc2ccccc2C(=O)[O-])cc1. The fourth-order valence-electron chi connectivity index (χ4n) is 2.65. The van der Waals surface area contributed by atoms with Gasteiger partial charge in [0.25, 0.3) is 5.91 Å². The Bertz CT molecular complexity index is 892. The maximum Gasteiger partial charge on any atom is 0.266 e. The fraction of sp³-hybridized carbons (Fsp3) is 0.190. The Labute approximate surface area is 158 Å². The number of nitrogens with one attached hydrogen (secondary N) is 1. The summed E-state index contributed by atoms with van der Waals surface area (Å²) in [4.78, 5) is 25.7. The zero-order valence-electron chi connectivity index (χ0n) is 15.2. The van der Waals surface area contributed by atoms with Crippen LogP contribution in [0.5, 0.6) is 0 Å². The summed E-state index contributed by atoms with van der Waals surface area (Å²) in [6.45, 7) is 5.91. The molecule has 0 aliphatic carbocycles. The van der Waals surface area contributed by atoms with E-state index in [2.05, 4.69) is 24.1 Å². The lowest BCUT2D eigenvalue weighted by molar-refractivity contribution is -0.254. The molecule has 0 spiro atoms. The highest BCUT2D eigenvalue weighted by Gasteiger charge is 2.12. The van der Waals surface area contributed by atoms with Crippen molar-refractivity contribution in [2.75, 3.05) is 23.3 Å². The van der Waals surface area contributed by atoms with Gasteiger partial charge in [-0.25, -0.2) is 0 Å². The van der Waals surface area contributed by atoms with E-state index in [1.165, 1.54) is 24.3 Å². The van der Waals surface area contributed by atoms with Crippen molar-refractivity contribution in [1.29, 1.82) is 5.26 Å². The van der Waals surface area contributed by atoms with Crippen LogP contribution >= 0.6 is 0 Å². The number of rotatable bonds is 7. The molecule has 6 heteroatoms. The molecular weight excluding hydrogens is 342 g/mol. The molecule has 6 nitrogen and oxygen atoms in total. The maximum absolute atomic E-state index is 12.4. The predicted molar refractivity (Wildman–Crippen MR) is 103 cm³/mol. The van der Waals surface area contributed by atoms with Gasteiger partial charge in [0.15, 0.2) is 0 Å². The van der Waals surface area contributed by atoms with Gasteiger partial charge in [0, 0.05) is 24.3 Å². The minimum absolute atomic E-state index is 0.0838. The summed E-state index contributed by atoms with van der Waals surface area (Å²) >= 11 is 0. The van der Waals surface area contributed by atoms with Crippen molar-refractivity contribution in [2.24, 2.45) is 0 Å². The van der Waals surface area contributed by atoms with Gasteiger partial charge in [0.1, 0.15) is 11.6 Å². The van der Waals surface area contributed by atoms with Crippen molar-refractivity contribution in [3.63, 3.8) is 0 Å². The molecule has 27 heavy (non-hydrogen) atoms. The number of carbonyl (C=O) groups is 2. The smallest absolute Gasteiger partial charge is 0.266 e. The Hall–Kier alpha value is -3.59. The first-order chi connectivity index (χ1) is 13.0. The molecule has 0 bridgehead atoms. The average molecular weight is 362 g/mol. The number of hydrogen-bond donors (Lipinski definition) is 1. The lowest BCUT2D eigenvalue weighted by Gasteiger charge is -2.20. The molecule has 0 atom stereocenters. The molecule has 0 fully saturated rings. The molecule has 0 radical (unpaired) electrons. The number of nitriles is 1. The summed E-state index contributed by atoms with van der Waals surface area (Å²) in [5, 5.41) is 22.9. The van der Waals surface area contributed by atoms with Crippen LogP contribution in [-0.4, -0.2) is 25.0 Å². The number of hydrogen-bond acceptors (Lipinski definition) is 5. The van der Waals surface area contributed by atoms with Gasteiger partial charge in [0.05, 0.1) is 11.7 Å².